The molecule has 0 unspecified atom stereocenters. The highest BCUT2D eigenvalue weighted by Gasteiger charge is 2.18. The first-order valence-corrected chi connectivity index (χ1v) is 9.34. The zero-order valence-electron chi connectivity index (χ0n) is 14.7. The normalized spacial score (nSPS) is 10.7. The number of benzene rings is 1. The van der Waals surface area contributed by atoms with Crippen LogP contribution in [0.5, 0.6) is 0 Å². The molecule has 0 spiro atoms. The molecule has 7 heteroatoms. The minimum absolute atomic E-state index is 0.253. The molecule has 0 aliphatic heterocycles. The highest BCUT2D eigenvalue weighted by Crippen LogP contribution is 2.20. The molecule has 4 aromatic rings. The number of pyridine rings is 1. The van der Waals surface area contributed by atoms with E-state index in [0.717, 1.165) is 16.0 Å². The summed E-state index contributed by atoms with van der Waals surface area (Å²) in [6.45, 7) is 2.60. The second kappa shape index (κ2) is 7.51. The van der Waals surface area contributed by atoms with Crippen molar-refractivity contribution in [3.8, 4) is 11.4 Å². The maximum Gasteiger partial charge on any atom is 0.281 e. The maximum atomic E-state index is 12.9. The fourth-order valence-electron chi connectivity index (χ4n) is 2.59. The molecule has 0 radical (unpaired) electrons. The lowest BCUT2D eigenvalue weighted by Gasteiger charge is -2.06. The van der Waals surface area contributed by atoms with Gasteiger partial charge in [0.15, 0.2) is 5.82 Å². The first-order valence-electron chi connectivity index (χ1n) is 8.46. The van der Waals surface area contributed by atoms with Gasteiger partial charge in [-0.25, -0.2) is 0 Å². The van der Waals surface area contributed by atoms with Gasteiger partial charge in [-0.15, -0.1) is 16.4 Å². The van der Waals surface area contributed by atoms with Crippen LogP contribution in [0.4, 0.5) is 5.95 Å². The van der Waals surface area contributed by atoms with E-state index in [0.29, 0.717) is 23.9 Å². The number of hydrogen-bond donors (Lipinski definition) is 1. The van der Waals surface area contributed by atoms with Crippen LogP contribution in [0, 0.1) is 6.92 Å². The Kier molecular flexibility index (Phi) is 4.76. The number of carbonyl (C=O) groups excluding carboxylic acids is 1. The number of rotatable bonds is 5. The zero-order chi connectivity index (χ0) is 18.6. The van der Waals surface area contributed by atoms with Crippen molar-refractivity contribution in [2.75, 3.05) is 5.32 Å². The summed E-state index contributed by atoms with van der Waals surface area (Å²) in [7, 11) is 0. The van der Waals surface area contributed by atoms with Crippen molar-refractivity contribution < 1.29 is 4.79 Å². The molecule has 4 rings (SSSR count). The maximum absolute atomic E-state index is 12.9. The number of hydrogen-bond acceptors (Lipinski definition) is 6. The van der Waals surface area contributed by atoms with Crippen LogP contribution < -0.4 is 5.32 Å². The third kappa shape index (κ3) is 3.78. The number of nitrogens with zero attached hydrogens (tertiary/aromatic N) is 4. The second-order valence-corrected chi connectivity index (χ2v) is 7.04. The molecule has 27 heavy (non-hydrogen) atoms. The van der Waals surface area contributed by atoms with E-state index in [1.807, 2.05) is 48.7 Å². The van der Waals surface area contributed by atoms with E-state index in [1.165, 1.54) is 4.68 Å². The van der Waals surface area contributed by atoms with Crippen LogP contribution >= 0.6 is 11.3 Å². The standard InChI is InChI=1S/C20H17N5OS/c1-14-4-6-15(7-5-14)18-23-20(22-13-17-3-2-12-27-17)25(24-18)19(26)16-8-10-21-11-9-16/h2-12H,13H2,1H3,(H,22,23,24). The van der Waals surface area contributed by atoms with Gasteiger partial charge in [0.2, 0.25) is 5.95 Å². The van der Waals surface area contributed by atoms with Crippen LogP contribution in [-0.4, -0.2) is 25.7 Å². The summed E-state index contributed by atoms with van der Waals surface area (Å²) in [6, 6.07) is 15.3. The number of aromatic nitrogens is 4. The highest BCUT2D eigenvalue weighted by molar-refractivity contribution is 7.09. The van der Waals surface area contributed by atoms with Crippen LogP contribution in [0.3, 0.4) is 0 Å². The largest absolute Gasteiger partial charge is 0.349 e. The molecular weight excluding hydrogens is 358 g/mol. The Balaban J connectivity index is 1.70. The molecule has 3 heterocycles. The molecule has 0 aliphatic carbocycles. The van der Waals surface area contributed by atoms with Crippen molar-refractivity contribution >= 4 is 23.2 Å². The van der Waals surface area contributed by atoms with Gasteiger partial charge in [0.25, 0.3) is 5.91 Å². The Bertz CT molecular complexity index is 1040. The summed E-state index contributed by atoms with van der Waals surface area (Å²) >= 11 is 1.64. The molecule has 0 amide bonds. The number of anilines is 1. The molecular formula is C20H17N5OS. The Morgan fingerprint density at radius 1 is 1.11 bits per heavy atom. The fraction of sp³-hybridized carbons (Fsp3) is 0.100. The average Bonchev–Trinajstić information content (AvgIpc) is 3.37. The number of aryl methyl sites for hydroxylation is 1. The van der Waals surface area contributed by atoms with E-state index in [-0.39, 0.29) is 5.91 Å². The summed E-state index contributed by atoms with van der Waals surface area (Å²) < 4.78 is 1.32. The smallest absolute Gasteiger partial charge is 0.281 e. The van der Waals surface area contributed by atoms with Crippen LogP contribution in [0.15, 0.2) is 66.3 Å². The Morgan fingerprint density at radius 3 is 2.59 bits per heavy atom. The highest BCUT2D eigenvalue weighted by atomic mass is 32.1. The van der Waals surface area contributed by atoms with Crippen LogP contribution in [-0.2, 0) is 6.54 Å². The molecule has 0 aliphatic rings. The van der Waals surface area contributed by atoms with Crippen molar-refractivity contribution in [2.24, 2.45) is 0 Å². The van der Waals surface area contributed by atoms with Gasteiger partial charge in [-0.05, 0) is 30.5 Å². The number of carbonyl (C=O) groups is 1. The van der Waals surface area contributed by atoms with Crippen LogP contribution in [0.25, 0.3) is 11.4 Å². The molecule has 0 atom stereocenters. The summed E-state index contributed by atoms with van der Waals surface area (Å²) in [5, 5.41) is 9.71. The summed E-state index contributed by atoms with van der Waals surface area (Å²) in [6.07, 6.45) is 3.17. The fourth-order valence-corrected chi connectivity index (χ4v) is 3.23. The zero-order valence-corrected chi connectivity index (χ0v) is 15.5. The molecule has 1 aromatic carbocycles. The molecule has 6 nitrogen and oxygen atoms in total. The van der Waals surface area contributed by atoms with Gasteiger partial charge in [0.05, 0.1) is 6.54 Å². The van der Waals surface area contributed by atoms with E-state index in [4.69, 9.17) is 0 Å². The molecule has 0 fully saturated rings. The topological polar surface area (TPSA) is 72.7 Å². The van der Waals surface area contributed by atoms with Gasteiger partial charge < -0.3 is 5.32 Å². The summed E-state index contributed by atoms with van der Waals surface area (Å²) in [5.74, 6) is 0.670. The van der Waals surface area contributed by atoms with Gasteiger partial charge in [-0.3, -0.25) is 9.78 Å². The van der Waals surface area contributed by atoms with Crippen molar-refractivity contribution in [1.29, 1.82) is 0 Å². The summed E-state index contributed by atoms with van der Waals surface area (Å²) in [5.41, 5.74) is 2.52. The predicted octanol–water partition coefficient (Wildman–Crippen LogP) is 4.01. The molecule has 1 N–H and O–H groups in total. The lowest BCUT2D eigenvalue weighted by molar-refractivity contribution is 0.0947. The number of nitrogens with one attached hydrogen (secondary N) is 1. The predicted molar refractivity (Wildman–Crippen MR) is 106 cm³/mol. The lowest BCUT2D eigenvalue weighted by atomic mass is 10.1. The van der Waals surface area contributed by atoms with Gasteiger partial charge in [0.1, 0.15) is 0 Å². The average molecular weight is 375 g/mol. The molecule has 0 saturated heterocycles. The van der Waals surface area contributed by atoms with E-state index in [1.54, 1.807) is 35.9 Å². The molecule has 134 valence electrons. The van der Waals surface area contributed by atoms with Gasteiger partial charge >= 0.3 is 0 Å². The van der Waals surface area contributed by atoms with E-state index >= 15 is 0 Å². The SMILES string of the molecule is Cc1ccc(-c2nc(NCc3cccs3)n(C(=O)c3ccncc3)n2)cc1. The van der Waals surface area contributed by atoms with Crippen molar-refractivity contribution in [3.05, 3.63) is 82.3 Å². The van der Waals surface area contributed by atoms with Gasteiger partial charge in [-0.2, -0.15) is 9.67 Å². The van der Waals surface area contributed by atoms with Crippen LogP contribution in [0.1, 0.15) is 20.8 Å². The number of thiophene rings is 1. The quantitative estimate of drug-likeness (QED) is 0.571. The van der Waals surface area contributed by atoms with Gasteiger partial charge in [0, 0.05) is 28.4 Å². The summed E-state index contributed by atoms with van der Waals surface area (Å²) in [4.78, 5) is 22.6. The lowest BCUT2D eigenvalue weighted by Crippen LogP contribution is -2.17. The van der Waals surface area contributed by atoms with Gasteiger partial charge in [-0.1, -0.05) is 35.9 Å². The third-order valence-electron chi connectivity index (χ3n) is 4.04. The Hall–Kier alpha value is -3.32. The molecule has 0 bridgehead atoms. The molecule has 0 saturated carbocycles. The van der Waals surface area contributed by atoms with Crippen molar-refractivity contribution in [1.82, 2.24) is 19.7 Å². The van der Waals surface area contributed by atoms with E-state index in [2.05, 4.69) is 20.4 Å². The Labute approximate surface area is 160 Å². The minimum Gasteiger partial charge on any atom is -0.349 e. The molecule has 3 aromatic heterocycles. The van der Waals surface area contributed by atoms with E-state index < -0.39 is 0 Å². The minimum atomic E-state index is -0.253. The monoisotopic (exact) mass is 375 g/mol. The second-order valence-electron chi connectivity index (χ2n) is 6.01. The third-order valence-corrected chi connectivity index (χ3v) is 4.91. The first kappa shape index (κ1) is 17.1. The van der Waals surface area contributed by atoms with Crippen LogP contribution in [0.2, 0.25) is 0 Å². The van der Waals surface area contributed by atoms with Crippen molar-refractivity contribution in [2.45, 2.75) is 13.5 Å². The Morgan fingerprint density at radius 2 is 1.89 bits per heavy atom. The van der Waals surface area contributed by atoms with Crippen molar-refractivity contribution in [3.63, 3.8) is 0 Å². The first-order chi connectivity index (χ1) is 13.2. The van der Waals surface area contributed by atoms with E-state index in [9.17, 15) is 4.79 Å².